The maximum atomic E-state index is 14.1. The second-order valence-corrected chi connectivity index (χ2v) is 5.85. The van der Waals surface area contributed by atoms with Crippen LogP contribution in [-0.4, -0.2) is 10.8 Å². The predicted octanol–water partition coefficient (Wildman–Crippen LogP) is 3.35. The summed E-state index contributed by atoms with van der Waals surface area (Å²) in [6, 6.07) is 4.31. The van der Waals surface area contributed by atoms with E-state index < -0.39 is 11.6 Å². The SMILES string of the molecule is Nc1cc(Cl)cc(C(=O)c2c[nH]c3[nH+]cc(Br)cc23)c1F. The number of nitrogens with one attached hydrogen (secondary N) is 2. The van der Waals surface area contributed by atoms with Crippen molar-refractivity contribution >= 4 is 50.0 Å². The zero-order chi connectivity index (χ0) is 15.1. The van der Waals surface area contributed by atoms with Crippen molar-refractivity contribution in [1.29, 1.82) is 0 Å². The molecule has 0 aliphatic heterocycles. The molecule has 0 unspecified atom stereocenters. The molecule has 4 nitrogen and oxygen atoms in total. The van der Waals surface area contributed by atoms with Gasteiger partial charge in [-0.2, -0.15) is 0 Å². The monoisotopic (exact) mass is 368 g/mol. The van der Waals surface area contributed by atoms with Gasteiger partial charge in [0, 0.05) is 5.02 Å². The maximum absolute atomic E-state index is 14.1. The van der Waals surface area contributed by atoms with E-state index in [1.807, 2.05) is 0 Å². The summed E-state index contributed by atoms with van der Waals surface area (Å²) < 4.78 is 14.8. The van der Waals surface area contributed by atoms with Crippen LogP contribution in [0.5, 0.6) is 0 Å². The van der Waals surface area contributed by atoms with E-state index in [4.69, 9.17) is 17.3 Å². The molecule has 2 aromatic heterocycles. The third kappa shape index (κ3) is 2.41. The number of hydrogen-bond acceptors (Lipinski definition) is 2. The number of rotatable bonds is 2. The number of halogens is 3. The summed E-state index contributed by atoms with van der Waals surface area (Å²) in [7, 11) is 0. The Balaban J connectivity index is 2.19. The zero-order valence-corrected chi connectivity index (χ0v) is 12.8. The van der Waals surface area contributed by atoms with Crippen LogP contribution in [0.2, 0.25) is 5.02 Å². The molecule has 2 heterocycles. The van der Waals surface area contributed by atoms with E-state index in [9.17, 15) is 9.18 Å². The van der Waals surface area contributed by atoms with Crippen LogP contribution in [0.1, 0.15) is 15.9 Å². The number of nitrogens with two attached hydrogens (primary N) is 1. The zero-order valence-electron chi connectivity index (χ0n) is 10.5. The molecule has 0 aliphatic rings. The summed E-state index contributed by atoms with van der Waals surface area (Å²) >= 11 is 9.17. The fourth-order valence-electron chi connectivity index (χ4n) is 2.13. The lowest BCUT2D eigenvalue weighted by Gasteiger charge is -2.04. The molecule has 21 heavy (non-hydrogen) atoms. The average molecular weight is 370 g/mol. The minimum Gasteiger partial charge on any atom is -0.396 e. The van der Waals surface area contributed by atoms with Gasteiger partial charge >= 0.3 is 0 Å². The van der Waals surface area contributed by atoms with Crippen molar-refractivity contribution in [3.8, 4) is 0 Å². The highest BCUT2D eigenvalue weighted by Crippen LogP contribution is 2.26. The summed E-state index contributed by atoms with van der Waals surface area (Å²) in [6.07, 6.45) is 3.25. The minimum absolute atomic E-state index is 0.152. The number of carbonyl (C=O) groups excluding carboxylic acids is 1. The largest absolute Gasteiger partial charge is 0.396 e. The van der Waals surface area contributed by atoms with Gasteiger partial charge in [0.15, 0.2) is 5.82 Å². The fourth-order valence-corrected chi connectivity index (χ4v) is 2.70. The lowest BCUT2D eigenvalue weighted by Crippen LogP contribution is -2.07. The van der Waals surface area contributed by atoms with E-state index in [0.29, 0.717) is 16.6 Å². The Morgan fingerprint density at radius 2 is 2.10 bits per heavy atom. The number of fused-ring (bicyclic) bond motifs is 1. The highest BCUT2D eigenvalue weighted by molar-refractivity contribution is 9.10. The van der Waals surface area contributed by atoms with E-state index in [1.165, 1.54) is 18.3 Å². The molecule has 0 radical (unpaired) electrons. The number of nitrogen functional groups attached to an aromatic ring is 1. The summed E-state index contributed by atoms with van der Waals surface area (Å²) in [5, 5.41) is 0.858. The van der Waals surface area contributed by atoms with Crippen LogP contribution in [0.4, 0.5) is 10.1 Å². The predicted molar refractivity (Wildman–Crippen MR) is 81.8 cm³/mol. The van der Waals surface area contributed by atoms with Crippen molar-refractivity contribution in [1.82, 2.24) is 4.98 Å². The molecule has 106 valence electrons. The summed E-state index contributed by atoms with van der Waals surface area (Å²) in [4.78, 5) is 18.5. The Kier molecular flexibility index (Phi) is 3.43. The Labute approximate surface area is 132 Å². The number of benzene rings is 1. The topological polar surface area (TPSA) is 73.0 Å². The van der Waals surface area contributed by atoms with Gasteiger partial charge in [-0.05, 0) is 34.1 Å². The van der Waals surface area contributed by atoms with E-state index in [2.05, 4.69) is 25.9 Å². The standard InChI is InChI=1S/C14H8BrClFN3O/c15-6-1-8-10(5-20-14(8)19-4-6)13(21)9-2-7(16)3-11(18)12(9)17/h1-5H,18H2,(H,19,20)/p+1. The number of pyridine rings is 1. The molecule has 0 amide bonds. The molecule has 0 spiro atoms. The second kappa shape index (κ2) is 5.13. The first-order chi connectivity index (χ1) is 9.97. The molecule has 1 aromatic carbocycles. The number of hydrogen-bond donors (Lipinski definition) is 2. The molecule has 0 fully saturated rings. The third-order valence-electron chi connectivity index (χ3n) is 3.11. The first-order valence-corrected chi connectivity index (χ1v) is 7.12. The molecule has 3 rings (SSSR count). The number of ketones is 1. The number of aromatic nitrogens is 2. The molecule has 0 atom stereocenters. The number of H-pyrrole nitrogens is 2. The lowest BCUT2D eigenvalue weighted by molar-refractivity contribution is -0.348. The van der Waals surface area contributed by atoms with Crippen molar-refractivity contribution in [3.63, 3.8) is 0 Å². The van der Waals surface area contributed by atoms with E-state index >= 15 is 0 Å². The van der Waals surface area contributed by atoms with Crippen LogP contribution in [0.3, 0.4) is 0 Å². The van der Waals surface area contributed by atoms with Crippen molar-refractivity contribution in [2.24, 2.45) is 0 Å². The highest BCUT2D eigenvalue weighted by Gasteiger charge is 2.22. The van der Waals surface area contributed by atoms with Crippen molar-refractivity contribution in [2.45, 2.75) is 0 Å². The second-order valence-electron chi connectivity index (χ2n) is 4.49. The highest BCUT2D eigenvalue weighted by atomic mass is 79.9. The molecule has 7 heteroatoms. The molecular weight excluding hydrogens is 361 g/mol. The average Bonchev–Trinajstić information content (AvgIpc) is 2.85. The number of anilines is 1. The fraction of sp³-hybridized carbons (Fsp3) is 0. The van der Waals surface area contributed by atoms with Crippen LogP contribution in [0.15, 0.2) is 35.1 Å². The summed E-state index contributed by atoms with van der Waals surface area (Å²) in [5.74, 6) is -1.25. The van der Waals surface area contributed by atoms with Gasteiger partial charge in [-0.25, -0.2) is 14.4 Å². The Hall–Kier alpha value is -1.92. The van der Waals surface area contributed by atoms with Gasteiger partial charge in [-0.1, -0.05) is 11.6 Å². The third-order valence-corrected chi connectivity index (χ3v) is 3.79. The summed E-state index contributed by atoms with van der Waals surface area (Å²) in [5.41, 5.74) is 6.21. The maximum Gasteiger partial charge on any atom is 0.285 e. The van der Waals surface area contributed by atoms with Gasteiger partial charge in [-0.3, -0.25) is 4.79 Å². The minimum atomic E-state index is -0.766. The first kappa shape index (κ1) is 14.0. The first-order valence-electron chi connectivity index (χ1n) is 5.95. The smallest absolute Gasteiger partial charge is 0.285 e. The van der Waals surface area contributed by atoms with Gasteiger partial charge in [0.05, 0.1) is 26.7 Å². The number of aromatic amines is 2. The van der Waals surface area contributed by atoms with Crippen LogP contribution in [-0.2, 0) is 0 Å². The quantitative estimate of drug-likeness (QED) is 0.537. The molecule has 0 bridgehead atoms. The number of carbonyl (C=O) groups is 1. The van der Waals surface area contributed by atoms with Gasteiger partial charge in [0.1, 0.15) is 12.4 Å². The lowest BCUT2D eigenvalue weighted by atomic mass is 10.0. The molecule has 4 N–H and O–H groups in total. The molecule has 0 saturated heterocycles. The van der Waals surface area contributed by atoms with Crippen molar-refractivity contribution in [2.75, 3.05) is 5.73 Å². The Morgan fingerprint density at radius 3 is 2.86 bits per heavy atom. The molecule has 0 aliphatic carbocycles. The summed E-state index contributed by atoms with van der Waals surface area (Å²) in [6.45, 7) is 0. The van der Waals surface area contributed by atoms with Gasteiger partial charge in [0.25, 0.3) is 5.65 Å². The van der Waals surface area contributed by atoms with Crippen molar-refractivity contribution < 1.29 is 14.2 Å². The van der Waals surface area contributed by atoms with E-state index in [-0.39, 0.29) is 16.3 Å². The van der Waals surface area contributed by atoms with E-state index in [0.717, 1.165) is 4.47 Å². The molecular formula is C14H9BrClFN3O+. The van der Waals surface area contributed by atoms with Crippen LogP contribution in [0, 0.1) is 5.82 Å². The van der Waals surface area contributed by atoms with Gasteiger partial charge in [-0.15, -0.1) is 0 Å². The molecule has 0 saturated carbocycles. The van der Waals surface area contributed by atoms with Crippen LogP contribution in [0.25, 0.3) is 11.0 Å². The van der Waals surface area contributed by atoms with Crippen LogP contribution >= 0.6 is 27.5 Å². The Morgan fingerprint density at radius 1 is 1.33 bits per heavy atom. The van der Waals surface area contributed by atoms with Gasteiger partial charge < -0.3 is 5.73 Å². The normalized spacial score (nSPS) is 11.0. The van der Waals surface area contributed by atoms with Crippen molar-refractivity contribution in [3.05, 3.63) is 57.0 Å². The van der Waals surface area contributed by atoms with Crippen LogP contribution < -0.4 is 10.7 Å². The Bertz CT molecular complexity index is 878. The van der Waals surface area contributed by atoms with E-state index in [1.54, 1.807) is 12.3 Å². The van der Waals surface area contributed by atoms with Gasteiger partial charge in [0.2, 0.25) is 5.78 Å². The molecule has 3 aromatic rings.